The van der Waals surface area contributed by atoms with E-state index in [4.69, 9.17) is 4.74 Å². The van der Waals surface area contributed by atoms with E-state index in [1.54, 1.807) is 42.5 Å². The van der Waals surface area contributed by atoms with Gasteiger partial charge >= 0.3 is 0 Å². The Bertz CT molecular complexity index is 922. The van der Waals surface area contributed by atoms with Gasteiger partial charge in [0.25, 0.3) is 10.0 Å². The van der Waals surface area contributed by atoms with Crippen molar-refractivity contribution >= 4 is 33.1 Å². The van der Waals surface area contributed by atoms with Gasteiger partial charge in [-0.1, -0.05) is 18.2 Å². The lowest BCUT2D eigenvalue weighted by atomic mass is 10.2. The van der Waals surface area contributed by atoms with E-state index >= 15 is 0 Å². The lowest BCUT2D eigenvalue weighted by Crippen LogP contribution is -2.26. The van der Waals surface area contributed by atoms with Crippen molar-refractivity contribution < 1.29 is 17.9 Å². The number of carbonyl (C=O) groups excluding carboxylic acids is 1. The molecule has 0 radical (unpaired) electrons. The summed E-state index contributed by atoms with van der Waals surface area (Å²) < 4.78 is 33.0. The Morgan fingerprint density at radius 3 is 2.79 bits per heavy atom. The zero-order valence-corrected chi connectivity index (χ0v) is 13.6. The Labute approximate surface area is 139 Å². The van der Waals surface area contributed by atoms with Crippen LogP contribution in [-0.2, 0) is 14.8 Å². The van der Waals surface area contributed by atoms with Gasteiger partial charge in [0.1, 0.15) is 16.5 Å². The van der Waals surface area contributed by atoms with Crippen LogP contribution in [0.3, 0.4) is 0 Å². The maximum atomic E-state index is 12.1. The number of nitrogens with zero attached hydrogens (tertiary/aromatic N) is 1. The van der Waals surface area contributed by atoms with E-state index in [-0.39, 0.29) is 23.1 Å². The highest BCUT2D eigenvalue weighted by atomic mass is 32.2. The number of amidine groups is 1. The van der Waals surface area contributed by atoms with E-state index in [9.17, 15) is 13.2 Å². The Kier molecular flexibility index (Phi) is 4.22. The second-order valence-corrected chi connectivity index (χ2v) is 6.66. The highest BCUT2D eigenvalue weighted by molar-refractivity contribution is 7.90. The lowest BCUT2D eigenvalue weighted by molar-refractivity contribution is -0.115. The molecule has 24 heavy (non-hydrogen) atoms. The monoisotopic (exact) mass is 345 g/mol. The van der Waals surface area contributed by atoms with Crippen molar-refractivity contribution in [1.29, 1.82) is 0 Å². The quantitative estimate of drug-likeness (QED) is 0.886. The minimum Gasteiger partial charge on any atom is -0.497 e. The average molecular weight is 345 g/mol. The summed E-state index contributed by atoms with van der Waals surface area (Å²) in [5.41, 5.74) is 0.968. The van der Waals surface area contributed by atoms with Crippen molar-refractivity contribution in [2.75, 3.05) is 17.7 Å². The van der Waals surface area contributed by atoms with E-state index in [1.165, 1.54) is 13.2 Å². The normalized spacial score (nSPS) is 14.8. The third-order valence-corrected chi connectivity index (χ3v) is 4.73. The molecule has 0 atom stereocenters. The molecule has 0 fully saturated rings. The first kappa shape index (κ1) is 16.0. The standard InChI is InChI=1S/C16H15N3O4S/c1-23-12-6-4-5-11(9-12)17-16(20)10-15-18-13-7-2-3-8-14(13)24(21,22)19-15/h2-9H,10H2,1H3,(H,17,20)(H,18,19). The van der Waals surface area contributed by atoms with Gasteiger partial charge in [0.05, 0.1) is 19.2 Å². The molecular weight excluding hydrogens is 330 g/mol. The van der Waals surface area contributed by atoms with Crippen molar-refractivity contribution in [3.05, 3.63) is 48.5 Å². The first-order valence-electron chi connectivity index (χ1n) is 7.12. The molecule has 0 aliphatic carbocycles. The van der Waals surface area contributed by atoms with E-state index in [0.717, 1.165) is 0 Å². The average Bonchev–Trinajstić information content (AvgIpc) is 2.54. The van der Waals surface area contributed by atoms with E-state index in [0.29, 0.717) is 17.1 Å². The van der Waals surface area contributed by atoms with E-state index < -0.39 is 10.0 Å². The third kappa shape index (κ3) is 3.38. The summed E-state index contributed by atoms with van der Waals surface area (Å²) >= 11 is 0. The summed E-state index contributed by atoms with van der Waals surface area (Å²) in [6.07, 6.45) is -0.190. The number of hydrogen-bond acceptors (Lipinski definition) is 5. The zero-order valence-electron chi connectivity index (χ0n) is 12.8. The van der Waals surface area contributed by atoms with Gasteiger partial charge in [0, 0.05) is 11.8 Å². The van der Waals surface area contributed by atoms with Crippen LogP contribution in [0.4, 0.5) is 11.4 Å². The molecule has 1 aliphatic rings. The predicted octanol–water partition coefficient (Wildman–Crippen LogP) is 2.24. The van der Waals surface area contributed by atoms with Crippen LogP contribution in [-0.4, -0.2) is 27.3 Å². The van der Waals surface area contributed by atoms with Gasteiger partial charge < -0.3 is 15.4 Å². The number of para-hydroxylation sites is 1. The fraction of sp³-hybridized carbons (Fsp3) is 0.125. The van der Waals surface area contributed by atoms with Crippen molar-refractivity contribution in [2.45, 2.75) is 11.3 Å². The van der Waals surface area contributed by atoms with Crippen molar-refractivity contribution in [3.63, 3.8) is 0 Å². The maximum absolute atomic E-state index is 12.1. The van der Waals surface area contributed by atoms with Gasteiger partial charge in [0.15, 0.2) is 0 Å². The zero-order chi connectivity index (χ0) is 17.2. The second kappa shape index (κ2) is 6.32. The Morgan fingerprint density at radius 2 is 2.00 bits per heavy atom. The topological polar surface area (TPSA) is 96.9 Å². The number of hydrogen-bond donors (Lipinski definition) is 2. The molecule has 0 unspecified atom stereocenters. The van der Waals surface area contributed by atoms with Gasteiger partial charge in [0.2, 0.25) is 5.91 Å². The summed E-state index contributed by atoms with van der Waals surface area (Å²) in [6.45, 7) is 0. The predicted molar refractivity (Wildman–Crippen MR) is 90.9 cm³/mol. The molecule has 0 saturated carbocycles. The number of rotatable bonds is 4. The van der Waals surface area contributed by atoms with E-state index in [1.807, 2.05) is 0 Å². The molecule has 1 heterocycles. The molecule has 1 aliphatic heterocycles. The van der Waals surface area contributed by atoms with Gasteiger partial charge in [-0.25, -0.2) is 0 Å². The van der Waals surface area contributed by atoms with Crippen LogP contribution in [0.1, 0.15) is 6.42 Å². The Morgan fingerprint density at radius 1 is 1.21 bits per heavy atom. The van der Waals surface area contributed by atoms with Crippen LogP contribution in [0.5, 0.6) is 5.75 Å². The first-order valence-corrected chi connectivity index (χ1v) is 8.56. The molecule has 0 aromatic heterocycles. The third-order valence-electron chi connectivity index (χ3n) is 3.36. The highest BCUT2D eigenvalue weighted by Crippen LogP contribution is 2.27. The number of fused-ring (bicyclic) bond motifs is 1. The lowest BCUT2D eigenvalue weighted by Gasteiger charge is -2.17. The molecule has 7 nitrogen and oxygen atoms in total. The maximum Gasteiger partial charge on any atom is 0.286 e. The minimum atomic E-state index is -3.79. The molecule has 2 aromatic rings. The Hall–Kier alpha value is -2.87. The number of amides is 1. The molecule has 124 valence electrons. The van der Waals surface area contributed by atoms with Crippen LogP contribution >= 0.6 is 0 Å². The molecule has 1 amide bonds. The molecule has 2 aromatic carbocycles. The summed E-state index contributed by atoms with van der Waals surface area (Å²) in [7, 11) is -2.26. The van der Waals surface area contributed by atoms with Crippen molar-refractivity contribution in [2.24, 2.45) is 4.40 Å². The van der Waals surface area contributed by atoms with Crippen LogP contribution in [0.2, 0.25) is 0 Å². The molecule has 0 bridgehead atoms. The number of methoxy groups -OCH3 is 1. The van der Waals surface area contributed by atoms with Gasteiger partial charge in [-0.3, -0.25) is 4.79 Å². The van der Waals surface area contributed by atoms with Crippen LogP contribution < -0.4 is 15.4 Å². The molecule has 0 spiro atoms. The molecule has 8 heteroatoms. The number of carbonyl (C=O) groups is 1. The van der Waals surface area contributed by atoms with Crippen LogP contribution in [0, 0.1) is 0 Å². The highest BCUT2D eigenvalue weighted by Gasteiger charge is 2.25. The fourth-order valence-electron chi connectivity index (χ4n) is 2.30. The number of anilines is 2. The largest absolute Gasteiger partial charge is 0.497 e. The molecule has 3 rings (SSSR count). The SMILES string of the molecule is COc1cccc(NC(=O)CC2=NS(=O)(=O)c3ccccc3N2)c1. The first-order chi connectivity index (χ1) is 11.5. The second-order valence-electron chi connectivity index (χ2n) is 5.09. The number of benzene rings is 2. The van der Waals surface area contributed by atoms with Crippen LogP contribution in [0.15, 0.2) is 57.8 Å². The van der Waals surface area contributed by atoms with Crippen molar-refractivity contribution in [1.82, 2.24) is 0 Å². The number of sulfonamides is 1. The summed E-state index contributed by atoms with van der Waals surface area (Å²) in [5.74, 6) is 0.301. The molecule has 0 saturated heterocycles. The van der Waals surface area contributed by atoms with Crippen LogP contribution in [0.25, 0.3) is 0 Å². The molecule has 2 N–H and O–H groups in total. The van der Waals surface area contributed by atoms with E-state index in [2.05, 4.69) is 15.0 Å². The smallest absolute Gasteiger partial charge is 0.286 e. The van der Waals surface area contributed by atoms with Gasteiger partial charge in [-0.05, 0) is 24.3 Å². The summed E-state index contributed by atoms with van der Waals surface area (Å²) in [6, 6.07) is 13.3. The molecular formula is C16H15N3O4S. The van der Waals surface area contributed by atoms with Gasteiger partial charge in [-0.2, -0.15) is 8.42 Å². The van der Waals surface area contributed by atoms with Gasteiger partial charge in [-0.15, -0.1) is 4.40 Å². The Balaban J connectivity index is 1.75. The summed E-state index contributed by atoms with van der Waals surface area (Å²) in [5, 5.41) is 5.56. The van der Waals surface area contributed by atoms with Crippen molar-refractivity contribution in [3.8, 4) is 5.75 Å². The fourth-order valence-corrected chi connectivity index (χ4v) is 3.45. The minimum absolute atomic E-state index is 0.0779. The summed E-state index contributed by atoms with van der Waals surface area (Å²) in [4.78, 5) is 12.2. The number of nitrogens with one attached hydrogen (secondary N) is 2. The number of ether oxygens (including phenoxy) is 1.